The van der Waals surface area contributed by atoms with Crippen molar-refractivity contribution < 1.29 is 4.92 Å². The summed E-state index contributed by atoms with van der Waals surface area (Å²) in [7, 11) is 0. The van der Waals surface area contributed by atoms with E-state index in [2.05, 4.69) is 5.10 Å². The summed E-state index contributed by atoms with van der Waals surface area (Å²) in [6.45, 7) is 0.794. The first-order chi connectivity index (χ1) is 5.65. The summed E-state index contributed by atoms with van der Waals surface area (Å²) in [4.78, 5) is 9.62. The lowest BCUT2D eigenvalue weighted by atomic mass is 10.6. The molecule has 1 heterocycles. The predicted octanol–water partition coefficient (Wildman–Crippen LogP) is 0.403. The average Bonchev–Trinajstić information content (AvgIpc) is 2.32. The Kier molecular flexibility index (Phi) is 2.61. The van der Waals surface area contributed by atoms with Gasteiger partial charge in [-0.1, -0.05) is 11.6 Å². The third-order valence-corrected chi connectivity index (χ3v) is 1.50. The van der Waals surface area contributed by atoms with Crippen LogP contribution >= 0.6 is 11.6 Å². The summed E-state index contributed by atoms with van der Waals surface area (Å²) in [5.74, 6) is -0.329. The van der Waals surface area contributed by atoms with E-state index in [0.717, 1.165) is 0 Å². The van der Waals surface area contributed by atoms with Crippen molar-refractivity contribution in [2.45, 2.75) is 6.54 Å². The smallest absolute Gasteiger partial charge is 0.358 e. The molecule has 0 radical (unpaired) electrons. The van der Waals surface area contributed by atoms with Crippen LogP contribution in [0.15, 0.2) is 6.20 Å². The van der Waals surface area contributed by atoms with Gasteiger partial charge in [0.1, 0.15) is 0 Å². The van der Waals surface area contributed by atoms with E-state index in [1.165, 1.54) is 10.9 Å². The summed E-state index contributed by atoms with van der Waals surface area (Å²) in [6, 6.07) is 0. The van der Waals surface area contributed by atoms with Crippen LogP contribution in [0.1, 0.15) is 0 Å². The van der Waals surface area contributed by atoms with Gasteiger partial charge in [-0.2, -0.15) is 4.68 Å². The highest BCUT2D eigenvalue weighted by atomic mass is 35.5. The molecule has 0 aliphatic rings. The molecule has 1 aromatic heterocycles. The Labute approximate surface area is 73.1 Å². The van der Waals surface area contributed by atoms with E-state index < -0.39 is 4.92 Å². The summed E-state index contributed by atoms with van der Waals surface area (Å²) < 4.78 is 1.35. The third kappa shape index (κ3) is 1.72. The maximum atomic E-state index is 10.3. The molecule has 0 spiro atoms. The maximum absolute atomic E-state index is 10.3. The normalized spacial score (nSPS) is 10.2. The highest BCUT2D eigenvalue weighted by molar-refractivity contribution is 6.32. The van der Waals surface area contributed by atoms with Gasteiger partial charge in [-0.05, 0) is 4.92 Å². The Morgan fingerprint density at radius 1 is 1.83 bits per heavy atom. The van der Waals surface area contributed by atoms with Crippen LogP contribution in [0.2, 0.25) is 5.02 Å². The van der Waals surface area contributed by atoms with Crippen LogP contribution in [0.3, 0.4) is 0 Å². The van der Waals surface area contributed by atoms with Gasteiger partial charge in [0.05, 0.1) is 17.8 Å². The van der Waals surface area contributed by atoms with E-state index in [1.54, 1.807) is 0 Å². The fraction of sp³-hybridized carbons (Fsp3) is 0.400. The lowest BCUT2D eigenvalue weighted by Crippen LogP contribution is -2.10. The van der Waals surface area contributed by atoms with Crippen LogP contribution < -0.4 is 5.73 Å². The van der Waals surface area contributed by atoms with Crippen LogP contribution in [0.5, 0.6) is 0 Å². The Bertz CT molecular complexity index is 298. The first-order valence-electron chi connectivity index (χ1n) is 3.22. The van der Waals surface area contributed by atoms with Gasteiger partial charge in [0, 0.05) is 6.54 Å². The highest BCUT2D eigenvalue weighted by Gasteiger charge is 2.17. The van der Waals surface area contributed by atoms with Gasteiger partial charge >= 0.3 is 5.82 Å². The Morgan fingerprint density at radius 2 is 2.50 bits per heavy atom. The summed E-state index contributed by atoms with van der Waals surface area (Å²) in [5, 5.41) is 13.9. The molecule has 0 atom stereocenters. The third-order valence-electron chi connectivity index (χ3n) is 1.23. The molecule has 2 N–H and O–H groups in total. The topological polar surface area (TPSA) is 87.0 Å². The summed E-state index contributed by atoms with van der Waals surface area (Å²) in [5.41, 5.74) is 5.22. The Hall–Kier alpha value is -1.14. The molecule has 7 heteroatoms. The highest BCUT2D eigenvalue weighted by Crippen LogP contribution is 2.20. The number of halogens is 1. The molecular weight excluding hydrogens is 184 g/mol. The van der Waals surface area contributed by atoms with Crippen molar-refractivity contribution in [2.75, 3.05) is 6.54 Å². The van der Waals surface area contributed by atoms with E-state index >= 15 is 0 Å². The molecule has 66 valence electrons. The fourth-order valence-electron chi connectivity index (χ4n) is 0.757. The second kappa shape index (κ2) is 3.51. The second-order valence-electron chi connectivity index (χ2n) is 2.11. The predicted molar refractivity (Wildman–Crippen MR) is 42.9 cm³/mol. The molecule has 0 aliphatic heterocycles. The number of nitrogens with two attached hydrogens (primary N) is 1. The van der Waals surface area contributed by atoms with Gasteiger partial charge in [0.15, 0.2) is 5.02 Å². The number of nitrogens with zero attached hydrogens (tertiary/aromatic N) is 3. The minimum Gasteiger partial charge on any atom is -0.358 e. The van der Waals surface area contributed by atoms with Gasteiger partial charge in [-0.25, -0.2) is 0 Å². The summed E-state index contributed by atoms with van der Waals surface area (Å²) in [6.07, 6.45) is 1.38. The van der Waals surface area contributed by atoms with E-state index in [1.807, 2.05) is 0 Å². The van der Waals surface area contributed by atoms with Crippen LogP contribution in [0.4, 0.5) is 5.82 Å². The van der Waals surface area contributed by atoms with Crippen LogP contribution in [0, 0.1) is 10.1 Å². The first-order valence-corrected chi connectivity index (χ1v) is 3.60. The molecule has 1 rings (SSSR count). The van der Waals surface area contributed by atoms with E-state index in [9.17, 15) is 10.1 Å². The zero-order valence-corrected chi connectivity index (χ0v) is 6.86. The molecule has 6 nitrogen and oxygen atoms in total. The molecule has 0 saturated carbocycles. The Balaban J connectivity index is 2.92. The SMILES string of the molecule is NCCn1cc(Cl)c([N+](=O)[O-])n1. The van der Waals surface area contributed by atoms with Crippen molar-refractivity contribution in [1.82, 2.24) is 9.78 Å². The first kappa shape index (κ1) is 8.95. The summed E-state index contributed by atoms with van der Waals surface area (Å²) >= 11 is 5.51. The lowest BCUT2D eigenvalue weighted by Gasteiger charge is -1.88. The number of nitro groups is 1. The minimum atomic E-state index is -0.630. The van der Waals surface area contributed by atoms with E-state index in [0.29, 0.717) is 13.1 Å². The van der Waals surface area contributed by atoms with Gasteiger partial charge < -0.3 is 15.8 Å². The van der Waals surface area contributed by atoms with Crippen molar-refractivity contribution in [3.8, 4) is 0 Å². The molecule has 12 heavy (non-hydrogen) atoms. The zero-order valence-electron chi connectivity index (χ0n) is 6.11. The standard InChI is InChI=1S/C5H7ClN4O2/c6-4-3-9(2-1-7)8-5(4)10(11)12/h3H,1-2,7H2. The monoisotopic (exact) mass is 190 g/mol. The van der Waals surface area contributed by atoms with Crippen LogP contribution in [-0.2, 0) is 6.54 Å². The molecule has 0 amide bonds. The van der Waals surface area contributed by atoms with Gasteiger partial charge in [0.25, 0.3) is 0 Å². The molecular formula is C5H7ClN4O2. The number of aromatic nitrogens is 2. The maximum Gasteiger partial charge on any atom is 0.408 e. The largest absolute Gasteiger partial charge is 0.408 e. The number of hydrogen-bond acceptors (Lipinski definition) is 4. The van der Waals surface area contributed by atoms with Crippen LogP contribution in [0.25, 0.3) is 0 Å². The fourth-order valence-corrected chi connectivity index (χ4v) is 0.977. The quantitative estimate of drug-likeness (QED) is 0.552. The molecule has 0 bridgehead atoms. The zero-order chi connectivity index (χ0) is 9.14. The second-order valence-corrected chi connectivity index (χ2v) is 2.52. The molecule has 0 fully saturated rings. The lowest BCUT2D eigenvalue weighted by molar-refractivity contribution is -0.389. The van der Waals surface area contributed by atoms with Crippen molar-refractivity contribution in [1.29, 1.82) is 0 Å². The van der Waals surface area contributed by atoms with Crippen molar-refractivity contribution in [2.24, 2.45) is 5.73 Å². The molecule has 0 unspecified atom stereocenters. The van der Waals surface area contributed by atoms with E-state index in [4.69, 9.17) is 17.3 Å². The minimum absolute atomic E-state index is 0.0356. The molecule has 0 aliphatic carbocycles. The number of rotatable bonds is 3. The molecule has 1 aromatic rings. The van der Waals surface area contributed by atoms with Crippen molar-refractivity contribution in [3.63, 3.8) is 0 Å². The van der Waals surface area contributed by atoms with Gasteiger partial charge in [-0.3, -0.25) is 0 Å². The molecule has 0 aromatic carbocycles. The van der Waals surface area contributed by atoms with E-state index in [-0.39, 0.29) is 10.8 Å². The molecule has 0 saturated heterocycles. The van der Waals surface area contributed by atoms with Gasteiger partial charge in [-0.15, -0.1) is 0 Å². The van der Waals surface area contributed by atoms with Crippen molar-refractivity contribution >= 4 is 17.4 Å². The van der Waals surface area contributed by atoms with Gasteiger partial charge in [0.2, 0.25) is 0 Å². The number of hydrogen-bond donors (Lipinski definition) is 1. The van der Waals surface area contributed by atoms with Crippen LogP contribution in [-0.4, -0.2) is 21.2 Å². The average molecular weight is 191 g/mol. The van der Waals surface area contributed by atoms with Crippen molar-refractivity contribution in [3.05, 3.63) is 21.3 Å². The Morgan fingerprint density at radius 3 is 2.92 bits per heavy atom.